The lowest BCUT2D eigenvalue weighted by Crippen LogP contribution is -2.31. The molecule has 0 spiro atoms. The van der Waals surface area contributed by atoms with E-state index in [0.717, 1.165) is 6.08 Å². The third-order valence-electron chi connectivity index (χ3n) is 1.17. The van der Waals surface area contributed by atoms with Gasteiger partial charge in [-0.1, -0.05) is 15.9 Å². The van der Waals surface area contributed by atoms with Gasteiger partial charge in [-0.15, -0.1) is 0 Å². The normalized spacial score (nSPS) is 25.7. The molecule has 0 saturated heterocycles. The summed E-state index contributed by atoms with van der Waals surface area (Å²) in [5.41, 5.74) is -0.187. The summed E-state index contributed by atoms with van der Waals surface area (Å²) in [5, 5.41) is 7.06. The predicted octanol–water partition coefficient (Wildman–Crippen LogP) is 0.478. The van der Waals surface area contributed by atoms with Crippen molar-refractivity contribution in [1.29, 1.82) is 5.41 Å². The van der Waals surface area contributed by atoms with Crippen molar-refractivity contribution in [3.8, 4) is 0 Å². The van der Waals surface area contributed by atoms with E-state index in [1.807, 2.05) is 0 Å². The first kappa shape index (κ1) is 7.34. The molecule has 1 aliphatic rings. The third kappa shape index (κ3) is 1.07. The zero-order valence-corrected chi connectivity index (χ0v) is 6.51. The molecular formula is C6H4BrNO2. The lowest BCUT2D eigenvalue weighted by atomic mass is 10.0. The Morgan fingerprint density at radius 3 is 2.50 bits per heavy atom. The van der Waals surface area contributed by atoms with Crippen LogP contribution in [0.25, 0.3) is 0 Å². The molecule has 10 heavy (non-hydrogen) atoms. The van der Waals surface area contributed by atoms with Crippen molar-refractivity contribution in [2.45, 2.75) is 4.83 Å². The van der Waals surface area contributed by atoms with Gasteiger partial charge in [0.15, 0.2) is 5.78 Å². The van der Waals surface area contributed by atoms with E-state index in [2.05, 4.69) is 15.9 Å². The van der Waals surface area contributed by atoms with Crippen molar-refractivity contribution >= 4 is 33.2 Å². The second-order valence-electron chi connectivity index (χ2n) is 1.88. The quantitative estimate of drug-likeness (QED) is 0.580. The molecule has 0 fully saturated rings. The summed E-state index contributed by atoms with van der Waals surface area (Å²) in [7, 11) is 0. The van der Waals surface area contributed by atoms with Crippen molar-refractivity contribution in [3.05, 3.63) is 12.2 Å². The van der Waals surface area contributed by atoms with E-state index in [-0.39, 0.29) is 11.5 Å². The van der Waals surface area contributed by atoms with Gasteiger partial charge >= 0.3 is 0 Å². The van der Waals surface area contributed by atoms with Gasteiger partial charge in [-0.25, -0.2) is 0 Å². The highest BCUT2D eigenvalue weighted by Gasteiger charge is 2.25. The molecule has 1 unspecified atom stereocenters. The molecule has 1 rings (SSSR count). The summed E-state index contributed by atoms with van der Waals surface area (Å²) in [6.07, 6.45) is 2.29. The maximum absolute atomic E-state index is 10.7. The van der Waals surface area contributed by atoms with Gasteiger partial charge in [-0.05, 0) is 12.2 Å². The molecule has 0 aromatic heterocycles. The van der Waals surface area contributed by atoms with Crippen LogP contribution in [0.5, 0.6) is 0 Å². The van der Waals surface area contributed by atoms with E-state index in [1.54, 1.807) is 0 Å². The standard InChI is InChI=1S/C6H4BrNO2/c7-5-3(9)1-2-4(10)6(5)8/h1-2,5,8H. The van der Waals surface area contributed by atoms with Gasteiger partial charge in [0, 0.05) is 0 Å². The minimum atomic E-state index is -0.731. The van der Waals surface area contributed by atoms with Crippen molar-refractivity contribution < 1.29 is 9.59 Å². The predicted molar refractivity (Wildman–Crippen MR) is 39.6 cm³/mol. The number of carbonyl (C=O) groups is 2. The molecule has 0 radical (unpaired) electrons. The molecule has 1 aliphatic carbocycles. The first-order valence-corrected chi connectivity index (χ1v) is 3.53. The molecule has 0 aliphatic heterocycles. The maximum atomic E-state index is 10.7. The third-order valence-corrected chi connectivity index (χ3v) is 2.08. The van der Waals surface area contributed by atoms with E-state index in [0.29, 0.717) is 0 Å². The van der Waals surface area contributed by atoms with E-state index >= 15 is 0 Å². The van der Waals surface area contributed by atoms with Gasteiger partial charge in [-0.3, -0.25) is 15.0 Å². The topological polar surface area (TPSA) is 58.0 Å². The minimum absolute atomic E-state index is 0.187. The maximum Gasteiger partial charge on any atom is 0.201 e. The fourth-order valence-electron chi connectivity index (χ4n) is 0.599. The molecule has 1 N–H and O–H groups in total. The van der Waals surface area contributed by atoms with Crippen molar-refractivity contribution in [2.75, 3.05) is 0 Å². The number of halogens is 1. The fourth-order valence-corrected chi connectivity index (χ4v) is 0.977. The Bertz CT molecular complexity index is 244. The average Bonchev–Trinajstić information content (AvgIpc) is 1.93. The molecule has 0 aromatic carbocycles. The van der Waals surface area contributed by atoms with Crippen molar-refractivity contribution in [1.82, 2.24) is 0 Å². The molecule has 0 heterocycles. The number of hydrogen-bond acceptors (Lipinski definition) is 3. The molecular weight excluding hydrogens is 198 g/mol. The zero-order valence-electron chi connectivity index (χ0n) is 4.93. The van der Waals surface area contributed by atoms with Crippen molar-refractivity contribution in [3.63, 3.8) is 0 Å². The first-order valence-electron chi connectivity index (χ1n) is 2.61. The number of allylic oxidation sites excluding steroid dienone is 2. The molecule has 0 saturated carbocycles. The number of hydrogen-bond donors (Lipinski definition) is 1. The monoisotopic (exact) mass is 201 g/mol. The fraction of sp³-hybridized carbons (Fsp3) is 0.167. The summed E-state index contributed by atoms with van der Waals surface area (Å²) in [6.45, 7) is 0. The van der Waals surface area contributed by atoms with Crippen LogP contribution in [-0.4, -0.2) is 22.1 Å². The number of rotatable bonds is 0. The van der Waals surface area contributed by atoms with Crippen LogP contribution in [-0.2, 0) is 9.59 Å². The van der Waals surface area contributed by atoms with Gasteiger partial charge in [0.25, 0.3) is 0 Å². The van der Waals surface area contributed by atoms with Gasteiger partial charge in [-0.2, -0.15) is 0 Å². The Kier molecular flexibility index (Phi) is 1.80. The molecule has 3 nitrogen and oxygen atoms in total. The van der Waals surface area contributed by atoms with Crippen LogP contribution in [0.3, 0.4) is 0 Å². The van der Waals surface area contributed by atoms with E-state index in [4.69, 9.17) is 5.41 Å². The van der Waals surface area contributed by atoms with Crippen LogP contribution >= 0.6 is 15.9 Å². The number of alkyl halides is 1. The van der Waals surface area contributed by atoms with E-state index in [9.17, 15) is 9.59 Å². The number of carbonyl (C=O) groups excluding carboxylic acids is 2. The second kappa shape index (κ2) is 2.46. The first-order chi connectivity index (χ1) is 4.63. The summed E-state index contributed by atoms with van der Waals surface area (Å²) in [6, 6.07) is 0. The van der Waals surface area contributed by atoms with Crippen LogP contribution in [0.15, 0.2) is 12.2 Å². The molecule has 0 aromatic rings. The van der Waals surface area contributed by atoms with Crippen molar-refractivity contribution in [2.24, 2.45) is 0 Å². The minimum Gasteiger partial charge on any atom is -0.300 e. The van der Waals surface area contributed by atoms with Gasteiger partial charge in [0.1, 0.15) is 10.5 Å². The van der Waals surface area contributed by atoms with Crippen LogP contribution < -0.4 is 0 Å². The second-order valence-corrected chi connectivity index (χ2v) is 2.79. The Labute approximate surface area is 65.7 Å². The van der Waals surface area contributed by atoms with Gasteiger partial charge in [0.05, 0.1) is 0 Å². The van der Waals surface area contributed by atoms with Gasteiger partial charge in [0.2, 0.25) is 5.78 Å². The summed E-state index contributed by atoms with van der Waals surface area (Å²) in [5.74, 6) is -0.647. The molecule has 52 valence electrons. The highest BCUT2D eigenvalue weighted by atomic mass is 79.9. The average molecular weight is 202 g/mol. The molecule has 1 atom stereocenters. The Morgan fingerprint density at radius 2 is 2.00 bits per heavy atom. The largest absolute Gasteiger partial charge is 0.300 e. The van der Waals surface area contributed by atoms with E-state index < -0.39 is 10.6 Å². The zero-order chi connectivity index (χ0) is 7.72. The lowest BCUT2D eigenvalue weighted by Gasteiger charge is -2.08. The molecule has 0 amide bonds. The number of nitrogens with one attached hydrogen (secondary N) is 1. The van der Waals surface area contributed by atoms with Gasteiger partial charge < -0.3 is 0 Å². The molecule has 4 heteroatoms. The lowest BCUT2D eigenvalue weighted by molar-refractivity contribution is -0.115. The Morgan fingerprint density at radius 1 is 1.40 bits per heavy atom. The van der Waals surface area contributed by atoms with Crippen LogP contribution in [0.2, 0.25) is 0 Å². The molecule has 0 bridgehead atoms. The van der Waals surface area contributed by atoms with E-state index in [1.165, 1.54) is 6.08 Å². The number of ketones is 2. The van der Waals surface area contributed by atoms with Crippen LogP contribution in [0.4, 0.5) is 0 Å². The smallest absolute Gasteiger partial charge is 0.201 e. The summed E-state index contributed by atoms with van der Waals surface area (Å²) < 4.78 is 0. The summed E-state index contributed by atoms with van der Waals surface area (Å²) in [4.78, 5) is 20.6. The van der Waals surface area contributed by atoms with Crippen LogP contribution in [0.1, 0.15) is 0 Å². The van der Waals surface area contributed by atoms with Crippen LogP contribution in [0, 0.1) is 5.41 Å². The highest BCUT2D eigenvalue weighted by molar-refractivity contribution is 9.10. The Hall–Kier alpha value is -0.770. The Balaban J connectivity index is 3.00. The summed E-state index contributed by atoms with van der Waals surface area (Å²) >= 11 is 2.91. The SMILES string of the molecule is N=C1C(=O)C=CC(=O)C1Br. The highest BCUT2D eigenvalue weighted by Crippen LogP contribution is 2.09.